The Balaban J connectivity index is 1.87. The Hall–Kier alpha value is -3.08. The molecule has 0 amide bonds. The number of benzene rings is 2. The smallest absolute Gasteiger partial charge is 0.149 e. The van der Waals surface area contributed by atoms with Gasteiger partial charge in [-0.25, -0.2) is 4.98 Å². The third-order valence-electron chi connectivity index (χ3n) is 3.97. The van der Waals surface area contributed by atoms with E-state index in [0.717, 1.165) is 39.3 Å². The van der Waals surface area contributed by atoms with Crippen molar-refractivity contribution in [2.45, 2.75) is 13.8 Å². The molecule has 1 heterocycles. The van der Waals surface area contributed by atoms with Crippen molar-refractivity contribution in [2.24, 2.45) is 5.10 Å². The maximum Gasteiger partial charge on any atom is 0.149 e. The molecule has 0 saturated carbocycles. The summed E-state index contributed by atoms with van der Waals surface area (Å²) >= 11 is 0. The van der Waals surface area contributed by atoms with E-state index >= 15 is 0 Å². The third kappa shape index (κ3) is 3.71. The molecule has 0 spiro atoms. The number of hydrogen-bond donors (Lipinski definition) is 1. The third-order valence-corrected chi connectivity index (χ3v) is 3.97. The molecule has 3 rings (SSSR count). The van der Waals surface area contributed by atoms with Gasteiger partial charge in [-0.05, 0) is 55.3 Å². The second-order valence-electron chi connectivity index (χ2n) is 5.83. The monoisotopic (exact) mass is 335 g/mol. The van der Waals surface area contributed by atoms with Crippen LogP contribution in [0.3, 0.4) is 0 Å². The number of aromatic nitrogens is 1. The Morgan fingerprint density at radius 1 is 1.00 bits per heavy atom. The number of ether oxygens (including phenoxy) is 2. The zero-order chi connectivity index (χ0) is 17.8. The lowest BCUT2D eigenvalue weighted by Crippen LogP contribution is -1.98. The van der Waals surface area contributed by atoms with Gasteiger partial charge in [0.15, 0.2) is 0 Å². The minimum absolute atomic E-state index is 0.727. The van der Waals surface area contributed by atoms with Crippen LogP contribution in [0.5, 0.6) is 11.5 Å². The second-order valence-corrected chi connectivity index (χ2v) is 5.83. The fourth-order valence-corrected chi connectivity index (χ4v) is 2.60. The summed E-state index contributed by atoms with van der Waals surface area (Å²) in [6.45, 7) is 4.07. The lowest BCUT2D eigenvalue weighted by molar-refractivity contribution is 0.402. The van der Waals surface area contributed by atoms with Crippen LogP contribution in [0.1, 0.15) is 16.7 Å². The van der Waals surface area contributed by atoms with Gasteiger partial charge in [0.05, 0.1) is 26.0 Å². The fourth-order valence-electron chi connectivity index (χ4n) is 2.60. The van der Waals surface area contributed by atoms with Crippen molar-refractivity contribution < 1.29 is 9.47 Å². The summed E-state index contributed by atoms with van der Waals surface area (Å²) in [5, 5.41) is 5.43. The van der Waals surface area contributed by atoms with Crippen molar-refractivity contribution >= 4 is 22.9 Å². The van der Waals surface area contributed by atoms with Crippen molar-refractivity contribution in [3.63, 3.8) is 0 Å². The van der Waals surface area contributed by atoms with Crippen molar-refractivity contribution in [3.05, 3.63) is 59.2 Å². The molecule has 128 valence electrons. The average molecular weight is 335 g/mol. The molecule has 5 nitrogen and oxygen atoms in total. The van der Waals surface area contributed by atoms with Gasteiger partial charge in [-0.15, -0.1) is 0 Å². The molecule has 0 atom stereocenters. The summed E-state index contributed by atoms with van der Waals surface area (Å²) < 4.78 is 10.6. The van der Waals surface area contributed by atoms with Gasteiger partial charge in [0, 0.05) is 10.9 Å². The Labute approximate surface area is 147 Å². The standard InChI is InChI=1S/C20H21N3O2/c1-13-5-6-15-10-14(2)20(22-18(15)9-13)23-21-12-16-11-17(24-3)7-8-19(16)25-4/h5-12H,1-4H3,(H,22,23)/b21-12-. The maximum atomic E-state index is 5.35. The summed E-state index contributed by atoms with van der Waals surface area (Å²) in [7, 11) is 3.26. The van der Waals surface area contributed by atoms with E-state index in [1.165, 1.54) is 5.56 Å². The minimum Gasteiger partial charge on any atom is -0.497 e. The van der Waals surface area contributed by atoms with Gasteiger partial charge >= 0.3 is 0 Å². The molecule has 5 heteroatoms. The lowest BCUT2D eigenvalue weighted by atomic mass is 10.1. The molecule has 0 saturated heterocycles. The first kappa shape index (κ1) is 16.8. The number of pyridine rings is 1. The van der Waals surface area contributed by atoms with E-state index in [9.17, 15) is 0 Å². The van der Waals surface area contributed by atoms with E-state index < -0.39 is 0 Å². The van der Waals surface area contributed by atoms with Gasteiger partial charge in [0.2, 0.25) is 0 Å². The highest BCUT2D eigenvalue weighted by Gasteiger charge is 2.05. The summed E-state index contributed by atoms with van der Waals surface area (Å²) in [4.78, 5) is 4.66. The fraction of sp³-hybridized carbons (Fsp3) is 0.200. The van der Waals surface area contributed by atoms with E-state index in [0.29, 0.717) is 0 Å². The van der Waals surface area contributed by atoms with Crippen molar-refractivity contribution in [3.8, 4) is 11.5 Å². The molecular weight excluding hydrogens is 314 g/mol. The molecule has 0 bridgehead atoms. The molecule has 0 aliphatic heterocycles. The Morgan fingerprint density at radius 3 is 2.60 bits per heavy atom. The molecule has 1 aromatic heterocycles. The van der Waals surface area contributed by atoms with E-state index in [4.69, 9.17) is 9.47 Å². The van der Waals surface area contributed by atoms with Gasteiger partial charge in [0.1, 0.15) is 17.3 Å². The maximum absolute atomic E-state index is 5.35. The van der Waals surface area contributed by atoms with Crippen molar-refractivity contribution in [2.75, 3.05) is 19.6 Å². The minimum atomic E-state index is 0.727. The van der Waals surface area contributed by atoms with Crippen LogP contribution in [0.15, 0.2) is 47.6 Å². The van der Waals surface area contributed by atoms with Crippen molar-refractivity contribution in [1.82, 2.24) is 4.98 Å². The molecule has 2 aromatic carbocycles. The SMILES string of the molecule is COc1ccc(OC)c(/C=N\Nc2nc3cc(C)ccc3cc2C)c1. The number of anilines is 1. The number of hydrogen-bond acceptors (Lipinski definition) is 5. The summed E-state index contributed by atoms with van der Waals surface area (Å²) in [6.07, 6.45) is 1.70. The number of rotatable bonds is 5. The number of methoxy groups -OCH3 is 2. The van der Waals surface area contributed by atoms with Gasteiger partial charge in [-0.2, -0.15) is 5.10 Å². The average Bonchev–Trinajstić information content (AvgIpc) is 2.62. The molecule has 1 N–H and O–H groups in total. The Kier molecular flexibility index (Phi) is 4.84. The van der Waals surface area contributed by atoms with Gasteiger partial charge < -0.3 is 9.47 Å². The molecule has 0 aliphatic carbocycles. The Morgan fingerprint density at radius 2 is 1.84 bits per heavy atom. The number of hydrazone groups is 1. The first-order valence-electron chi connectivity index (χ1n) is 8.00. The lowest BCUT2D eigenvalue weighted by Gasteiger charge is -2.08. The molecule has 0 fully saturated rings. The van der Waals surface area contributed by atoms with Crippen LogP contribution in [0.2, 0.25) is 0 Å². The molecule has 25 heavy (non-hydrogen) atoms. The molecule has 0 unspecified atom stereocenters. The van der Waals surface area contributed by atoms with Crippen LogP contribution in [0.25, 0.3) is 10.9 Å². The van der Waals surface area contributed by atoms with Crippen LogP contribution >= 0.6 is 0 Å². The van der Waals surface area contributed by atoms with E-state index in [1.54, 1.807) is 20.4 Å². The number of nitrogens with one attached hydrogen (secondary N) is 1. The normalized spacial score (nSPS) is 11.0. The quantitative estimate of drug-likeness (QED) is 0.557. The predicted octanol–water partition coefficient (Wildman–Crippen LogP) is 4.31. The predicted molar refractivity (Wildman–Crippen MR) is 102 cm³/mol. The van der Waals surface area contributed by atoms with Gasteiger partial charge in [-0.1, -0.05) is 12.1 Å². The summed E-state index contributed by atoms with van der Waals surface area (Å²) in [6, 6.07) is 13.9. The summed E-state index contributed by atoms with van der Waals surface area (Å²) in [5.74, 6) is 2.21. The largest absolute Gasteiger partial charge is 0.497 e. The molecule has 0 aliphatic rings. The summed E-state index contributed by atoms with van der Waals surface area (Å²) in [5.41, 5.74) is 7.01. The van der Waals surface area contributed by atoms with E-state index in [2.05, 4.69) is 46.7 Å². The number of fused-ring (bicyclic) bond motifs is 1. The van der Waals surface area contributed by atoms with Crippen LogP contribution in [0, 0.1) is 13.8 Å². The van der Waals surface area contributed by atoms with E-state index in [-0.39, 0.29) is 0 Å². The highest BCUT2D eigenvalue weighted by molar-refractivity contribution is 5.85. The van der Waals surface area contributed by atoms with Gasteiger partial charge in [-0.3, -0.25) is 5.43 Å². The molecule has 0 radical (unpaired) electrons. The zero-order valence-electron chi connectivity index (χ0n) is 14.8. The zero-order valence-corrected chi connectivity index (χ0v) is 14.8. The number of nitrogens with zero attached hydrogens (tertiary/aromatic N) is 2. The van der Waals surface area contributed by atoms with Crippen LogP contribution in [-0.2, 0) is 0 Å². The second kappa shape index (κ2) is 7.21. The Bertz CT molecular complexity index is 936. The van der Waals surface area contributed by atoms with Crippen LogP contribution < -0.4 is 14.9 Å². The highest BCUT2D eigenvalue weighted by Crippen LogP contribution is 2.23. The molecular formula is C20H21N3O2. The van der Waals surface area contributed by atoms with Crippen molar-refractivity contribution in [1.29, 1.82) is 0 Å². The first-order valence-corrected chi connectivity index (χ1v) is 8.00. The van der Waals surface area contributed by atoms with E-state index in [1.807, 2.05) is 25.1 Å². The van der Waals surface area contributed by atoms with Crippen LogP contribution in [-0.4, -0.2) is 25.4 Å². The first-order chi connectivity index (χ1) is 12.1. The number of aryl methyl sites for hydroxylation is 2. The highest BCUT2D eigenvalue weighted by atomic mass is 16.5. The topological polar surface area (TPSA) is 55.7 Å². The van der Waals surface area contributed by atoms with Gasteiger partial charge in [0.25, 0.3) is 0 Å². The van der Waals surface area contributed by atoms with Crippen LogP contribution in [0.4, 0.5) is 5.82 Å². The molecule has 3 aromatic rings.